The number of halogens is 2. The average Bonchev–Trinajstić information content (AvgIpc) is 3.42. The predicted molar refractivity (Wildman–Crippen MR) is 140 cm³/mol. The summed E-state index contributed by atoms with van der Waals surface area (Å²) in [5.41, 5.74) is 2.53. The van der Waals surface area contributed by atoms with Crippen LogP contribution in [0.5, 0.6) is 0 Å². The fraction of sp³-hybridized carbons (Fsp3) is 0.308. The molecule has 0 radical (unpaired) electrons. The molecule has 31 heavy (non-hydrogen) atoms. The van der Waals surface area contributed by atoms with Crippen molar-refractivity contribution in [2.75, 3.05) is 0 Å². The van der Waals surface area contributed by atoms with E-state index in [4.69, 9.17) is 17.0 Å². The summed E-state index contributed by atoms with van der Waals surface area (Å²) in [5.74, 6) is 0. The van der Waals surface area contributed by atoms with Crippen LogP contribution in [0.1, 0.15) is 50.7 Å². The fourth-order valence-electron chi connectivity index (χ4n) is 4.54. The second-order valence-corrected chi connectivity index (χ2v) is 27.8. The first-order valence-electron chi connectivity index (χ1n) is 11.0. The summed E-state index contributed by atoms with van der Waals surface area (Å²) in [6.07, 6.45) is 13.9. The quantitative estimate of drug-likeness (QED) is 0.281. The zero-order valence-corrected chi connectivity index (χ0v) is 23.8. The monoisotopic (exact) mass is 562 g/mol. The molecule has 0 fully saturated rings. The SMILES string of the molecule is CCCC1=P[C](c2ccccc2)([Zr]([Cl])([Cl])[C]2(c3ccccc3)C=CC(CCC)=P2)C=C1. The molecule has 2 atom stereocenters. The Morgan fingerprint density at radius 2 is 1.06 bits per heavy atom. The number of rotatable bonds is 8. The van der Waals surface area contributed by atoms with E-state index in [2.05, 4.69) is 98.8 Å². The molecule has 0 spiro atoms. The van der Waals surface area contributed by atoms with Crippen molar-refractivity contribution in [2.24, 2.45) is 0 Å². The minimum atomic E-state index is -4.07. The molecule has 0 aromatic heterocycles. The molecule has 2 aromatic carbocycles. The van der Waals surface area contributed by atoms with E-state index in [1.54, 1.807) is 0 Å². The predicted octanol–water partition coefficient (Wildman–Crippen LogP) is 9.13. The van der Waals surface area contributed by atoms with Crippen molar-refractivity contribution in [2.45, 2.75) is 45.3 Å². The van der Waals surface area contributed by atoms with Gasteiger partial charge in [-0.25, -0.2) is 0 Å². The summed E-state index contributed by atoms with van der Waals surface area (Å²) in [7, 11) is 18.3. The molecule has 2 aliphatic heterocycles. The molecule has 0 nitrogen and oxygen atoms in total. The molecule has 160 valence electrons. The maximum atomic E-state index is 7.89. The molecule has 2 aromatic rings. The van der Waals surface area contributed by atoms with Crippen molar-refractivity contribution >= 4 is 44.0 Å². The van der Waals surface area contributed by atoms with Gasteiger partial charge in [0.2, 0.25) is 0 Å². The maximum absolute atomic E-state index is 7.89. The molecule has 2 unspecified atom stereocenters. The first-order chi connectivity index (χ1) is 15.0. The standard InChI is InChI=1S/2C13H14P.2ClH.Zr/c2*1-2-6-12-9-10-13(14-12)11-7-4-3-5-8-11;;;/h2*3-5,7-10H,2,6H2,1H3;2*1H;/q;;;;+2/p-2. The fourth-order valence-corrected chi connectivity index (χ4v) is 26.9. The number of benzene rings is 2. The third-order valence-corrected chi connectivity index (χ3v) is 31.6. The Balaban J connectivity index is 1.96. The van der Waals surface area contributed by atoms with Gasteiger partial charge < -0.3 is 0 Å². The molecule has 0 N–H and O–H groups in total. The molecule has 0 bridgehead atoms. The summed E-state index contributed by atoms with van der Waals surface area (Å²) in [4.78, 5) is 0. The van der Waals surface area contributed by atoms with Crippen LogP contribution in [-0.2, 0) is 23.6 Å². The summed E-state index contributed by atoms with van der Waals surface area (Å²) in [6, 6.07) is 21.6. The molecule has 0 saturated heterocycles. The van der Waals surface area contributed by atoms with Crippen LogP contribution >= 0.6 is 33.4 Å². The van der Waals surface area contributed by atoms with Crippen LogP contribution in [0.15, 0.2) is 85.0 Å². The first kappa shape index (κ1) is 23.9. The van der Waals surface area contributed by atoms with Crippen LogP contribution in [0, 0.1) is 0 Å². The molecule has 0 amide bonds. The van der Waals surface area contributed by atoms with Crippen molar-refractivity contribution in [1.29, 1.82) is 0 Å². The van der Waals surface area contributed by atoms with E-state index in [0.717, 1.165) is 25.7 Å². The van der Waals surface area contributed by atoms with Crippen molar-refractivity contribution in [3.05, 3.63) is 96.1 Å². The van der Waals surface area contributed by atoms with Crippen molar-refractivity contribution in [3.63, 3.8) is 0 Å². The van der Waals surface area contributed by atoms with Gasteiger partial charge in [-0.2, -0.15) is 0 Å². The van der Waals surface area contributed by atoms with Crippen LogP contribution in [-0.4, -0.2) is 10.6 Å². The van der Waals surface area contributed by atoms with Gasteiger partial charge in [0.25, 0.3) is 0 Å². The molecule has 0 saturated carbocycles. The second-order valence-electron chi connectivity index (χ2n) is 8.21. The Bertz CT molecular complexity index is 960. The molecule has 2 aliphatic rings. The van der Waals surface area contributed by atoms with Crippen LogP contribution in [0.3, 0.4) is 0 Å². The third-order valence-electron chi connectivity index (χ3n) is 6.07. The number of hydrogen-bond acceptors (Lipinski definition) is 0. The van der Waals surface area contributed by atoms with Gasteiger partial charge in [0.1, 0.15) is 0 Å². The Hall–Kier alpha value is -0.277. The Kier molecular flexibility index (Phi) is 7.64. The average molecular weight is 565 g/mol. The van der Waals surface area contributed by atoms with Crippen LogP contribution in [0.2, 0.25) is 0 Å². The first-order valence-corrected chi connectivity index (χ1v) is 21.6. The van der Waals surface area contributed by atoms with Gasteiger partial charge in [0, 0.05) is 0 Å². The van der Waals surface area contributed by atoms with E-state index in [0.29, 0.717) is 0 Å². The Labute approximate surface area is 201 Å². The summed E-state index contributed by atoms with van der Waals surface area (Å²) < 4.78 is -0.614. The summed E-state index contributed by atoms with van der Waals surface area (Å²) >= 11 is -4.07. The normalized spacial score (nSPS) is 26.1. The zero-order chi connectivity index (χ0) is 22.0. The zero-order valence-electron chi connectivity index (χ0n) is 18.1. The van der Waals surface area contributed by atoms with Crippen LogP contribution < -0.4 is 0 Å². The van der Waals surface area contributed by atoms with Crippen molar-refractivity contribution in [1.82, 2.24) is 0 Å². The van der Waals surface area contributed by atoms with E-state index >= 15 is 0 Å². The molecule has 0 aliphatic carbocycles. The molecule has 4 rings (SSSR count). The third kappa shape index (κ3) is 4.20. The van der Waals surface area contributed by atoms with Gasteiger partial charge in [-0.3, -0.25) is 0 Å². The number of allylic oxidation sites excluding steroid dienone is 4. The molecular weight excluding hydrogens is 536 g/mol. The molecule has 2 heterocycles. The van der Waals surface area contributed by atoms with Crippen LogP contribution in [0.25, 0.3) is 0 Å². The summed E-state index contributed by atoms with van der Waals surface area (Å²) in [6.45, 7) is 4.49. The van der Waals surface area contributed by atoms with Gasteiger partial charge in [0.05, 0.1) is 0 Å². The summed E-state index contributed by atoms with van der Waals surface area (Å²) in [5, 5.41) is 2.90. The van der Waals surface area contributed by atoms with Gasteiger partial charge in [-0.05, 0) is 0 Å². The van der Waals surface area contributed by atoms with Crippen molar-refractivity contribution in [3.8, 4) is 0 Å². The van der Waals surface area contributed by atoms with E-state index in [9.17, 15) is 0 Å². The van der Waals surface area contributed by atoms with Gasteiger partial charge in [0.15, 0.2) is 0 Å². The molecular formula is C26H28Cl2P2Zr. The molecule has 5 heteroatoms. The minimum absolute atomic E-state index is 0.307. The van der Waals surface area contributed by atoms with Gasteiger partial charge in [-0.15, -0.1) is 0 Å². The van der Waals surface area contributed by atoms with Gasteiger partial charge in [-0.1, -0.05) is 0 Å². The topological polar surface area (TPSA) is 0 Å². The van der Waals surface area contributed by atoms with E-state index in [1.807, 2.05) is 0 Å². The van der Waals surface area contributed by atoms with E-state index in [1.165, 1.54) is 38.1 Å². The Morgan fingerprint density at radius 3 is 1.42 bits per heavy atom. The number of hydrogen-bond donors (Lipinski definition) is 0. The van der Waals surface area contributed by atoms with Crippen LogP contribution in [0.4, 0.5) is 0 Å². The van der Waals surface area contributed by atoms with E-state index in [-0.39, 0.29) is 5.73 Å². The van der Waals surface area contributed by atoms with E-state index < -0.39 is 17.9 Å². The Morgan fingerprint density at radius 1 is 0.677 bits per heavy atom. The van der Waals surface area contributed by atoms with Gasteiger partial charge >= 0.3 is 203 Å². The van der Waals surface area contributed by atoms with Crippen molar-refractivity contribution < 1.29 is 17.9 Å². The second kappa shape index (κ2) is 9.92.